The maximum Gasteiger partial charge on any atom is 0.140 e. The molecule has 15 heavy (non-hydrogen) atoms. The second-order valence-corrected chi connectivity index (χ2v) is 4.30. The molecule has 3 rings (SSSR count). The van der Waals surface area contributed by atoms with Crippen LogP contribution in [0.25, 0.3) is 16.2 Å². The topological polar surface area (TPSA) is 30.2 Å². The first-order valence-corrected chi connectivity index (χ1v) is 5.56. The summed E-state index contributed by atoms with van der Waals surface area (Å²) in [6, 6.07) is 4.10. The summed E-state index contributed by atoms with van der Waals surface area (Å²) in [5.74, 6) is 0. The predicted octanol–water partition coefficient (Wildman–Crippen LogP) is 2.77. The first kappa shape index (κ1) is 8.61. The fourth-order valence-corrected chi connectivity index (χ4v) is 2.19. The second-order valence-electron chi connectivity index (χ2n) is 3.41. The van der Waals surface area contributed by atoms with Crippen LogP contribution < -0.4 is 0 Å². The first-order chi connectivity index (χ1) is 7.34. The van der Waals surface area contributed by atoms with Crippen LogP contribution in [0.1, 0.15) is 5.56 Å². The maximum atomic E-state index is 4.59. The highest BCUT2D eigenvalue weighted by Crippen LogP contribution is 2.23. The molecule has 3 nitrogen and oxygen atoms in total. The third-order valence-corrected chi connectivity index (χ3v) is 3.16. The van der Waals surface area contributed by atoms with Crippen molar-refractivity contribution < 1.29 is 0 Å². The lowest BCUT2D eigenvalue weighted by Gasteiger charge is -1.93. The molecule has 0 spiro atoms. The van der Waals surface area contributed by atoms with E-state index in [4.69, 9.17) is 0 Å². The number of rotatable bonds is 1. The SMILES string of the molecule is Cc1cccn2cc(-c3cncs3)nc12. The Labute approximate surface area is 91.1 Å². The predicted molar refractivity (Wildman–Crippen MR) is 61.0 cm³/mol. The van der Waals surface area contributed by atoms with Crippen molar-refractivity contribution in [2.24, 2.45) is 0 Å². The maximum absolute atomic E-state index is 4.59. The molecule has 4 heteroatoms. The van der Waals surface area contributed by atoms with Crippen LogP contribution in [0.4, 0.5) is 0 Å². The summed E-state index contributed by atoms with van der Waals surface area (Å²) < 4.78 is 2.05. The van der Waals surface area contributed by atoms with Crippen molar-refractivity contribution in [3.8, 4) is 10.6 Å². The molecule has 0 atom stereocenters. The molecule has 0 fully saturated rings. The van der Waals surface area contributed by atoms with E-state index in [0.717, 1.165) is 16.2 Å². The fourth-order valence-electron chi connectivity index (χ4n) is 1.61. The van der Waals surface area contributed by atoms with E-state index in [2.05, 4.69) is 23.0 Å². The van der Waals surface area contributed by atoms with Gasteiger partial charge in [0, 0.05) is 18.6 Å². The Morgan fingerprint density at radius 2 is 2.33 bits per heavy atom. The van der Waals surface area contributed by atoms with Gasteiger partial charge in [-0.25, -0.2) is 4.98 Å². The van der Waals surface area contributed by atoms with Crippen LogP contribution in [0.15, 0.2) is 36.2 Å². The highest BCUT2D eigenvalue weighted by molar-refractivity contribution is 7.13. The van der Waals surface area contributed by atoms with Crippen LogP contribution in [0.2, 0.25) is 0 Å². The Balaban J connectivity index is 2.27. The van der Waals surface area contributed by atoms with Crippen molar-refractivity contribution in [1.82, 2.24) is 14.4 Å². The van der Waals surface area contributed by atoms with Gasteiger partial charge in [0.2, 0.25) is 0 Å². The number of nitrogens with zero attached hydrogens (tertiary/aromatic N) is 3. The molecule has 0 unspecified atom stereocenters. The third kappa shape index (κ3) is 1.34. The van der Waals surface area contributed by atoms with Crippen LogP contribution in [-0.2, 0) is 0 Å². The second kappa shape index (κ2) is 3.17. The Bertz CT molecular complexity index is 595. The summed E-state index contributed by atoms with van der Waals surface area (Å²) >= 11 is 1.61. The zero-order valence-electron chi connectivity index (χ0n) is 8.21. The minimum atomic E-state index is 0.992. The molecule has 0 saturated heterocycles. The minimum absolute atomic E-state index is 0.992. The number of pyridine rings is 1. The summed E-state index contributed by atoms with van der Waals surface area (Å²) in [6.07, 6.45) is 5.90. The Hall–Kier alpha value is -1.68. The van der Waals surface area contributed by atoms with Crippen LogP contribution >= 0.6 is 11.3 Å². The molecule has 3 heterocycles. The lowest BCUT2D eigenvalue weighted by Crippen LogP contribution is -1.83. The fraction of sp³-hybridized carbons (Fsp3) is 0.0909. The van der Waals surface area contributed by atoms with Crippen LogP contribution in [0.3, 0.4) is 0 Å². The highest BCUT2D eigenvalue weighted by Gasteiger charge is 2.06. The Morgan fingerprint density at radius 3 is 3.07 bits per heavy atom. The van der Waals surface area contributed by atoms with Crippen LogP contribution in [0, 0.1) is 6.92 Å². The zero-order chi connectivity index (χ0) is 10.3. The van der Waals surface area contributed by atoms with Gasteiger partial charge in [-0.1, -0.05) is 6.07 Å². The molecule has 0 aliphatic carbocycles. The molecule has 0 radical (unpaired) electrons. The summed E-state index contributed by atoms with van der Waals surface area (Å²) in [6.45, 7) is 2.07. The van der Waals surface area contributed by atoms with Crippen molar-refractivity contribution in [3.63, 3.8) is 0 Å². The number of aromatic nitrogens is 3. The molecule has 0 aromatic carbocycles. The molecular weight excluding hydrogens is 206 g/mol. The van der Waals surface area contributed by atoms with Gasteiger partial charge in [-0.3, -0.25) is 4.98 Å². The average molecular weight is 215 g/mol. The normalized spacial score (nSPS) is 11.0. The molecule has 74 valence electrons. The van der Waals surface area contributed by atoms with Crippen LogP contribution in [0.5, 0.6) is 0 Å². The molecule has 3 aromatic rings. The quantitative estimate of drug-likeness (QED) is 0.624. The van der Waals surface area contributed by atoms with Gasteiger partial charge < -0.3 is 4.40 Å². The number of hydrogen-bond donors (Lipinski definition) is 0. The van der Waals surface area contributed by atoms with Crippen molar-refractivity contribution in [3.05, 3.63) is 41.8 Å². The molecule has 0 amide bonds. The average Bonchev–Trinajstić information content (AvgIpc) is 2.86. The van der Waals surface area contributed by atoms with E-state index in [1.54, 1.807) is 11.3 Å². The lowest BCUT2D eigenvalue weighted by atomic mass is 10.3. The molecule has 3 aromatic heterocycles. The summed E-state index contributed by atoms with van der Waals surface area (Å²) in [7, 11) is 0. The number of fused-ring (bicyclic) bond motifs is 1. The first-order valence-electron chi connectivity index (χ1n) is 4.68. The molecule has 0 bridgehead atoms. The van der Waals surface area contributed by atoms with Crippen molar-refractivity contribution in [2.75, 3.05) is 0 Å². The lowest BCUT2D eigenvalue weighted by molar-refractivity contribution is 1.16. The van der Waals surface area contributed by atoms with Gasteiger partial charge in [0.25, 0.3) is 0 Å². The van der Waals surface area contributed by atoms with E-state index in [-0.39, 0.29) is 0 Å². The van der Waals surface area contributed by atoms with Gasteiger partial charge >= 0.3 is 0 Å². The van der Waals surface area contributed by atoms with Crippen LogP contribution in [-0.4, -0.2) is 14.4 Å². The van der Waals surface area contributed by atoms with Crippen molar-refractivity contribution in [2.45, 2.75) is 6.92 Å². The van der Waals surface area contributed by atoms with Crippen molar-refractivity contribution in [1.29, 1.82) is 0 Å². The molecule has 0 aliphatic heterocycles. The van der Waals surface area contributed by atoms with E-state index < -0.39 is 0 Å². The summed E-state index contributed by atoms with van der Waals surface area (Å²) in [5, 5.41) is 0. The van der Waals surface area contributed by atoms with E-state index in [1.165, 1.54) is 5.56 Å². The number of aryl methyl sites for hydroxylation is 1. The monoisotopic (exact) mass is 215 g/mol. The van der Waals surface area contributed by atoms with Gasteiger partial charge in [-0.05, 0) is 18.6 Å². The molecule has 0 saturated carbocycles. The van der Waals surface area contributed by atoms with E-state index in [0.29, 0.717) is 0 Å². The van der Waals surface area contributed by atoms with E-state index in [9.17, 15) is 0 Å². The molecular formula is C11H9N3S. The Morgan fingerprint density at radius 1 is 1.40 bits per heavy atom. The van der Waals surface area contributed by atoms with Crippen molar-refractivity contribution >= 4 is 17.0 Å². The summed E-state index contributed by atoms with van der Waals surface area (Å²) in [5.41, 5.74) is 5.02. The number of imidazole rings is 1. The Kier molecular flexibility index (Phi) is 1.82. The number of thiazole rings is 1. The van der Waals surface area contributed by atoms with Gasteiger partial charge in [-0.2, -0.15) is 0 Å². The molecule has 0 N–H and O–H groups in total. The smallest absolute Gasteiger partial charge is 0.140 e. The third-order valence-electron chi connectivity index (χ3n) is 2.36. The van der Waals surface area contributed by atoms with Gasteiger partial charge in [-0.15, -0.1) is 11.3 Å². The standard InChI is InChI=1S/C11H9N3S/c1-8-3-2-4-14-6-9(13-11(8)14)10-5-12-7-15-10/h2-7H,1H3. The zero-order valence-corrected chi connectivity index (χ0v) is 9.03. The van der Waals surface area contributed by atoms with Gasteiger partial charge in [0.15, 0.2) is 0 Å². The largest absolute Gasteiger partial charge is 0.306 e. The van der Waals surface area contributed by atoms with Gasteiger partial charge in [0.1, 0.15) is 11.3 Å². The minimum Gasteiger partial charge on any atom is -0.306 e. The van der Waals surface area contributed by atoms with E-state index >= 15 is 0 Å². The highest BCUT2D eigenvalue weighted by atomic mass is 32.1. The summed E-state index contributed by atoms with van der Waals surface area (Å²) in [4.78, 5) is 9.76. The molecule has 0 aliphatic rings. The number of hydrogen-bond acceptors (Lipinski definition) is 3. The van der Waals surface area contributed by atoms with E-state index in [1.807, 2.05) is 34.6 Å². The van der Waals surface area contributed by atoms with Gasteiger partial charge in [0.05, 0.1) is 10.4 Å².